The van der Waals surface area contributed by atoms with Crippen molar-refractivity contribution in [3.8, 4) is 0 Å². The summed E-state index contributed by atoms with van der Waals surface area (Å²) in [6, 6.07) is 4.40. The third-order valence-corrected chi connectivity index (χ3v) is 3.92. The molecule has 0 saturated heterocycles. The summed E-state index contributed by atoms with van der Waals surface area (Å²) in [5.41, 5.74) is 1.56. The predicted molar refractivity (Wildman–Crippen MR) is 80.9 cm³/mol. The van der Waals surface area contributed by atoms with Crippen LogP contribution in [0.25, 0.3) is 0 Å². The molecule has 0 saturated carbocycles. The van der Waals surface area contributed by atoms with Crippen LogP contribution in [-0.2, 0) is 6.42 Å². The number of carbonyl (C=O) groups is 1. The molecule has 2 amide bonds. The fourth-order valence-electron chi connectivity index (χ4n) is 2.50. The summed E-state index contributed by atoms with van der Waals surface area (Å²) in [5.74, 6) is -0.321. The van der Waals surface area contributed by atoms with Gasteiger partial charge in [0, 0.05) is 19.7 Å². The molecule has 0 radical (unpaired) electrons. The molecule has 0 atom stereocenters. The molecule has 116 valence electrons. The van der Waals surface area contributed by atoms with Gasteiger partial charge < -0.3 is 10.4 Å². The lowest BCUT2D eigenvalue weighted by molar-refractivity contribution is 0.148. The second-order valence-corrected chi connectivity index (χ2v) is 6.33. The van der Waals surface area contributed by atoms with Gasteiger partial charge in [-0.05, 0) is 42.4 Å². The van der Waals surface area contributed by atoms with Crippen molar-refractivity contribution in [3.63, 3.8) is 0 Å². The predicted octanol–water partition coefficient (Wildman–Crippen LogP) is 2.70. The number of hydrogen-bond acceptors (Lipinski definition) is 2. The molecule has 0 aromatic heterocycles. The van der Waals surface area contributed by atoms with Crippen LogP contribution in [0.15, 0.2) is 18.2 Å². The Morgan fingerprint density at radius 3 is 2.95 bits per heavy atom. The van der Waals surface area contributed by atoms with Gasteiger partial charge in [0.2, 0.25) is 0 Å². The Hall–Kier alpha value is -1.62. The van der Waals surface area contributed by atoms with Crippen molar-refractivity contribution in [2.45, 2.75) is 33.1 Å². The van der Waals surface area contributed by atoms with Crippen LogP contribution in [0.5, 0.6) is 0 Å². The molecule has 1 aliphatic rings. The quantitative estimate of drug-likeness (QED) is 0.820. The number of nitrogens with one attached hydrogen (secondary N) is 1. The number of benzene rings is 1. The summed E-state index contributed by atoms with van der Waals surface area (Å²) in [6.45, 7) is 5.28. The zero-order valence-electron chi connectivity index (χ0n) is 12.7. The van der Waals surface area contributed by atoms with Gasteiger partial charge in [-0.1, -0.05) is 19.9 Å². The Morgan fingerprint density at radius 2 is 2.24 bits per heavy atom. The second-order valence-electron chi connectivity index (χ2n) is 6.33. The monoisotopic (exact) mass is 294 g/mol. The summed E-state index contributed by atoms with van der Waals surface area (Å²) < 4.78 is 13.3. The van der Waals surface area contributed by atoms with Crippen molar-refractivity contribution in [1.82, 2.24) is 5.32 Å². The largest absolute Gasteiger partial charge is 0.396 e. The van der Waals surface area contributed by atoms with Crippen molar-refractivity contribution in [2.75, 3.05) is 24.6 Å². The van der Waals surface area contributed by atoms with Crippen LogP contribution >= 0.6 is 0 Å². The van der Waals surface area contributed by atoms with E-state index >= 15 is 0 Å². The molecule has 4 nitrogen and oxygen atoms in total. The number of aliphatic hydroxyl groups is 1. The summed E-state index contributed by atoms with van der Waals surface area (Å²) in [7, 11) is 0. The maximum Gasteiger partial charge on any atom is 0.321 e. The molecule has 1 aromatic carbocycles. The fourth-order valence-corrected chi connectivity index (χ4v) is 2.50. The van der Waals surface area contributed by atoms with Gasteiger partial charge in [0.05, 0.1) is 5.69 Å². The Morgan fingerprint density at radius 1 is 1.48 bits per heavy atom. The fraction of sp³-hybridized carbons (Fsp3) is 0.562. The maximum absolute atomic E-state index is 13.3. The van der Waals surface area contributed by atoms with Gasteiger partial charge in [0.15, 0.2) is 0 Å². The Labute approximate surface area is 125 Å². The first-order valence-corrected chi connectivity index (χ1v) is 7.38. The topological polar surface area (TPSA) is 52.6 Å². The lowest BCUT2D eigenvalue weighted by atomic mass is 9.89. The molecule has 1 aliphatic heterocycles. The molecule has 0 aliphatic carbocycles. The van der Waals surface area contributed by atoms with Crippen LogP contribution in [0.3, 0.4) is 0 Å². The van der Waals surface area contributed by atoms with E-state index in [9.17, 15) is 14.3 Å². The molecule has 21 heavy (non-hydrogen) atoms. The number of urea groups is 1. The minimum Gasteiger partial charge on any atom is -0.396 e. The van der Waals surface area contributed by atoms with Crippen molar-refractivity contribution in [1.29, 1.82) is 0 Å². The highest BCUT2D eigenvalue weighted by Crippen LogP contribution is 2.28. The molecule has 0 fully saturated rings. The van der Waals surface area contributed by atoms with Crippen LogP contribution in [0, 0.1) is 11.2 Å². The van der Waals surface area contributed by atoms with Crippen molar-refractivity contribution < 1.29 is 14.3 Å². The van der Waals surface area contributed by atoms with E-state index in [0.29, 0.717) is 18.8 Å². The van der Waals surface area contributed by atoms with Gasteiger partial charge in [0.25, 0.3) is 0 Å². The first kappa shape index (κ1) is 15.8. The number of anilines is 1. The van der Waals surface area contributed by atoms with E-state index < -0.39 is 0 Å². The molecule has 0 bridgehead atoms. The molecule has 2 rings (SSSR count). The van der Waals surface area contributed by atoms with Gasteiger partial charge >= 0.3 is 6.03 Å². The van der Waals surface area contributed by atoms with Gasteiger partial charge in [-0.25, -0.2) is 9.18 Å². The summed E-state index contributed by atoms with van der Waals surface area (Å²) in [6.07, 6.45) is 2.42. The van der Waals surface area contributed by atoms with E-state index in [1.54, 1.807) is 11.0 Å². The highest BCUT2D eigenvalue weighted by molar-refractivity contribution is 5.94. The molecular formula is C16H23FN2O2. The lowest BCUT2D eigenvalue weighted by Crippen LogP contribution is -2.39. The highest BCUT2D eigenvalue weighted by Gasteiger charge is 2.25. The average molecular weight is 294 g/mol. The van der Waals surface area contributed by atoms with E-state index in [4.69, 9.17) is 0 Å². The van der Waals surface area contributed by atoms with Crippen LogP contribution in [-0.4, -0.2) is 30.8 Å². The summed E-state index contributed by atoms with van der Waals surface area (Å²) >= 11 is 0. The van der Waals surface area contributed by atoms with Gasteiger partial charge in [-0.3, -0.25) is 4.90 Å². The number of fused-ring (bicyclic) bond motifs is 1. The van der Waals surface area contributed by atoms with E-state index in [-0.39, 0.29) is 23.9 Å². The Balaban J connectivity index is 1.85. The molecular weight excluding hydrogens is 271 g/mol. The van der Waals surface area contributed by atoms with Crippen LogP contribution in [0.2, 0.25) is 0 Å². The molecule has 1 aromatic rings. The first-order valence-electron chi connectivity index (χ1n) is 7.38. The number of aliphatic hydroxyl groups excluding tert-OH is 1. The third-order valence-electron chi connectivity index (χ3n) is 3.92. The van der Waals surface area contributed by atoms with Crippen LogP contribution in [0.1, 0.15) is 32.3 Å². The van der Waals surface area contributed by atoms with Crippen molar-refractivity contribution >= 4 is 11.7 Å². The molecule has 1 heterocycles. The van der Waals surface area contributed by atoms with E-state index in [1.807, 2.05) is 13.8 Å². The van der Waals surface area contributed by atoms with Crippen molar-refractivity contribution in [2.24, 2.45) is 5.41 Å². The molecule has 0 unspecified atom stereocenters. The van der Waals surface area contributed by atoms with Crippen LogP contribution < -0.4 is 10.2 Å². The minimum absolute atomic E-state index is 0.117. The zero-order chi connectivity index (χ0) is 15.5. The number of hydrogen-bond donors (Lipinski definition) is 2. The van der Waals surface area contributed by atoms with E-state index in [2.05, 4.69) is 5.32 Å². The smallest absolute Gasteiger partial charge is 0.321 e. The van der Waals surface area contributed by atoms with E-state index in [0.717, 1.165) is 24.8 Å². The van der Waals surface area contributed by atoms with Gasteiger partial charge in [0.1, 0.15) is 5.82 Å². The zero-order valence-corrected chi connectivity index (χ0v) is 12.7. The summed E-state index contributed by atoms with van der Waals surface area (Å²) in [5, 5.41) is 12.0. The first-order chi connectivity index (χ1) is 9.93. The number of rotatable bonds is 5. The third kappa shape index (κ3) is 3.94. The standard InChI is InChI=1S/C16H23FN2O2/c1-16(2,11-20)7-3-8-18-15(21)19-9-6-12-4-5-13(17)10-14(12)19/h4-5,10,20H,3,6-9,11H2,1-2H3,(H,18,21). The molecule has 0 spiro atoms. The Kier molecular flexibility index (Phi) is 4.83. The number of amides is 2. The highest BCUT2D eigenvalue weighted by atomic mass is 19.1. The van der Waals surface area contributed by atoms with E-state index in [1.165, 1.54) is 12.1 Å². The Bertz CT molecular complexity index is 517. The molecule has 2 N–H and O–H groups in total. The molecule has 5 heteroatoms. The van der Waals surface area contributed by atoms with Crippen molar-refractivity contribution in [3.05, 3.63) is 29.6 Å². The van der Waals surface area contributed by atoms with Gasteiger partial charge in [-0.2, -0.15) is 0 Å². The number of nitrogens with zero attached hydrogens (tertiary/aromatic N) is 1. The number of halogens is 1. The SMILES string of the molecule is CC(C)(CO)CCCNC(=O)N1CCc2ccc(F)cc21. The maximum atomic E-state index is 13.3. The number of carbonyl (C=O) groups excluding carboxylic acids is 1. The minimum atomic E-state index is -0.321. The second kappa shape index (κ2) is 6.43. The van der Waals surface area contributed by atoms with Crippen LogP contribution in [0.4, 0.5) is 14.9 Å². The average Bonchev–Trinajstić information content (AvgIpc) is 2.86. The van der Waals surface area contributed by atoms with Gasteiger partial charge in [-0.15, -0.1) is 0 Å². The normalized spacial score (nSPS) is 14.2. The lowest BCUT2D eigenvalue weighted by Gasteiger charge is -2.22. The summed E-state index contributed by atoms with van der Waals surface area (Å²) in [4.78, 5) is 13.7.